The van der Waals surface area contributed by atoms with Gasteiger partial charge in [-0.2, -0.15) is 0 Å². The summed E-state index contributed by atoms with van der Waals surface area (Å²) in [6.07, 6.45) is 5.66. The standard InChI is InChI=1S/C26H36N2O2/c1-30-25-10-5-9-23(17-25)18-26(21-29)13-6-14-28(20-26)24-11-15-27(16-12-24)19-22-7-3-2-4-8-22/h2-5,7-10,17,24,29H,6,11-16,18-21H2,1H3. The normalized spacial score (nSPS) is 24.1. The van der Waals surface area contributed by atoms with E-state index in [1.54, 1.807) is 7.11 Å². The molecular formula is C26H36N2O2. The van der Waals surface area contributed by atoms with Crippen molar-refractivity contribution in [3.8, 4) is 5.75 Å². The molecule has 0 aliphatic carbocycles. The number of methoxy groups -OCH3 is 1. The monoisotopic (exact) mass is 408 g/mol. The average molecular weight is 409 g/mol. The number of hydrogen-bond donors (Lipinski definition) is 1. The average Bonchev–Trinajstić information content (AvgIpc) is 2.80. The van der Waals surface area contributed by atoms with E-state index in [0.29, 0.717) is 6.04 Å². The van der Waals surface area contributed by atoms with E-state index in [-0.39, 0.29) is 12.0 Å². The van der Waals surface area contributed by atoms with E-state index >= 15 is 0 Å². The molecule has 30 heavy (non-hydrogen) atoms. The van der Waals surface area contributed by atoms with Crippen molar-refractivity contribution in [3.63, 3.8) is 0 Å². The molecule has 0 aromatic heterocycles. The molecule has 4 rings (SSSR count). The lowest BCUT2D eigenvalue weighted by Crippen LogP contribution is -2.53. The van der Waals surface area contributed by atoms with E-state index < -0.39 is 0 Å². The van der Waals surface area contributed by atoms with Gasteiger partial charge in [0.2, 0.25) is 0 Å². The van der Waals surface area contributed by atoms with E-state index in [4.69, 9.17) is 4.74 Å². The molecule has 0 bridgehead atoms. The number of nitrogens with zero attached hydrogens (tertiary/aromatic N) is 2. The highest BCUT2D eigenvalue weighted by Gasteiger charge is 2.38. The zero-order valence-corrected chi connectivity index (χ0v) is 18.3. The minimum atomic E-state index is -0.0359. The number of ether oxygens (including phenoxy) is 1. The molecule has 1 atom stereocenters. The van der Waals surface area contributed by atoms with Crippen LogP contribution in [0.2, 0.25) is 0 Å². The number of benzene rings is 2. The first-order chi connectivity index (χ1) is 14.7. The van der Waals surface area contributed by atoms with E-state index in [1.807, 2.05) is 6.07 Å². The largest absolute Gasteiger partial charge is 0.497 e. The number of piperidine rings is 2. The number of likely N-dealkylation sites (tertiary alicyclic amines) is 2. The van der Waals surface area contributed by atoms with Crippen LogP contribution in [0.5, 0.6) is 5.75 Å². The molecule has 162 valence electrons. The Labute approximate surface area is 181 Å². The summed E-state index contributed by atoms with van der Waals surface area (Å²) >= 11 is 0. The van der Waals surface area contributed by atoms with Crippen molar-refractivity contribution in [3.05, 3.63) is 65.7 Å². The van der Waals surface area contributed by atoms with E-state index in [1.165, 1.54) is 36.9 Å². The van der Waals surface area contributed by atoms with Crippen molar-refractivity contribution in [2.45, 2.75) is 44.7 Å². The van der Waals surface area contributed by atoms with E-state index in [9.17, 15) is 5.11 Å². The van der Waals surface area contributed by atoms with Crippen LogP contribution >= 0.6 is 0 Å². The highest BCUT2D eigenvalue weighted by molar-refractivity contribution is 5.29. The molecule has 0 radical (unpaired) electrons. The summed E-state index contributed by atoms with van der Waals surface area (Å²) in [6.45, 7) is 5.82. The lowest BCUT2D eigenvalue weighted by molar-refractivity contribution is -0.00343. The van der Waals surface area contributed by atoms with Crippen LogP contribution in [0.15, 0.2) is 54.6 Å². The van der Waals surface area contributed by atoms with Crippen LogP contribution in [0.25, 0.3) is 0 Å². The lowest BCUT2D eigenvalue weighted by atomic mass is 9.75. The quantitative estimate of drug-likeness (QED) is 0.752. The molecule has 2 aliphatic heterocycles. The number of rotatable bonds is 7. The summed E-state index contributed by atoms with van der Waals surface area (Å²) in [5.41, 5.74) is 2.64. The third-order valence-corrected chi connectivity index (χ3v) is 7.06. The smallest absolute Gasteiger partial charge is 0.119 e. The maximum atomic E-state index is 10.4. The van der Waals surface area contributed by atoms with Crippen molar-refractivity contribution < 1.29 is 9.84 Å². The van der Waals surface area contributed by atoms with Crippen LogP contribution < -0.4 is 4.74 Å². The van der Waals surface area contributed by atoms with Gasteiger partial charge in [0.15, 0.2) is 0 Å². The minimum Gasteiger partial charge on any atom is -0.497 e. The Kier molecular flexibility index (Phi) is 7.08. The van der Waals surface area contributed by atoms with Gasteiger partial charge in [0.1, 0.15) is 5.75 Å². The van der Waals surface area contributed by atoms with E-state index in [0.717, 1.165) is 44.8 Å². The zero-order valence-electron chi connectivity index (χ0n) is 18.3. The van der Waals surface area contributed by atoms with Crippen molar-refractivity contribution >= 4 is 0 Å². The number of aliphatic hydroxyl groups excluding tert-OH is 1. The van der Waals surface area contributed by atoms with Gasteiger partial charge < -0.3 is 9.84 Å². The number of hydrogen-bond acceptors (Lipinski definition) is 4. The second-order valence-electron chi connectivity index (χ2n) is 9.25. The van der Waals surface area contributed by atoms with Crippen molar-refractivity contribution in [2.75, 3.05) is 39.9 Å². The molecule has 4 heteroatoms. The van der Waals surface area contributed by atoms with Gasteiger partial charge in [0.25, 0.3) is 0 Å². The fraction of sp³-hybridized carbons (Fsp3) is 0.538. The first kappa shape index (κ1) is 21.4. The third-order valence-electron chi connectivity index (χ3n) is 7.06. The van der Waals surface area contributed by atoms with E-state index in [2.05, 4.69) is 58.3 Å². The first-order valence-corrected chi connectivity index (χ1v) is 11.4. The summed E-state index contributed by atoms with van der Waals surface area (Å²) in [5.74, 6) is 0.902. The van der Waals surface area contributed by atoms with Gasteiger partial charge in [-0.05, 0) is 75.0 Å². The van der Waals surface area contributed by atoms with Gasteiger partial charge in [-0.3, -0.25) is 9.80 Å². The molecule has 1 N–H and O–H groups in total. The summed E-state index contributed by atoms with van der Waals surface area (Å²) < 4.78 is 5.40. The van der Waals surface area contributed by atoms with Crippen molar-refractivity contribution in [1.82, 2.24) is 9.80 Å². The first-order valence-electron chi connectivity index (χ1n) is 11.4. The molecule has 4 nitrogen and oxygen atoms in total. The molecule has 2 saturated heterocycles. The fourth-order valence-corrected chi connectivity index (χ4v) is 5.39. The second-order valence-corrected chi connectivity index (χ2v) is 9.25. The van der Waals surface area contributed by atoms with Crippen LogP contribution in [0.1, 0.15) is 36.8 Å². The minimum absolute atomic E-state index is 0.0359. The second kappa shape index (κ2) is 9.95. The predicted molar refractivity (Wildman–Crippen MR) is 122 cm³/mol. The molecule has 0 spiro atoms. The highest BCUT2D eigenvalue weighted by Crippen LogP contribution is 2.36. The maximum absolute atomic E-state index is 10.4. The van der Waals surface area contributed by atoms with Crippen LogP contribution in [0, 0.1) is 5.41 Å². The molecule has 2 aromatic rings. The number of aliphatic hydroxyl groups is 1. The van der Waals surface area contributed by atoms with Crippen LogP contribution in [-0.4, -0.2) is 60.8 Å². The molecular weight excluding hydrogens is 372 g/mol. The Morgan fingerprint density at radius 2 is 1.77 bits per heavy atom. The summed E-state index contributed by atoms with van der Waals surface area (Å²) in [7, 11) is 1.72. The molecule has 2 aromatic carbocycles. The van der Waals surface area contributed by atoms with Gasteiger partial charge in [-0.25, -0.2) is 0 Å². The fourth-order valence-electron chi connectivity index (χ4n) is 5.39. The molecule has 2 fully saturated rings. The van der Waals surface area contributed by atoms with Gasteiger partial charge in [0, 0.05) is 24.5 Å². The summed E-state index contributed by atoms with van der Waals surface area (Å²) in [6, 6.07) is 19.8. The summed E-state index contributed by atoms with van der Waals surface area (Å²) in [5, 5.41) is 10.4. The molecule has 0 amide bonds. The Bertz CT molecular complexity index is 789. The third kappa shape index (κ3) is 5.23. The van der Waals surface area contributed by atoms with Crippen molar-refractivity contribution in [1.29, 1.82) is 0 Å². The Hall–Kier alpha value is -1.88. The topological polar surface area (TPSA) is 35.9 Å². The van der Waals surface area contributed by atoms with Gasteiger partial charge in [-0.15, -0.1) is 0 Å². The molecule has 0 saturated carbocycles. The Balaban J connectivity index is 1.35. The molecule has 2 heterocycles. The maximum Gasteiger partial charge on any atom is 0.119 e. The van der Waals surface area contributed by atoms with Gasteiger partial charge >= 0.3 is 0 Å². The zero-order chi connectivity index (χ0) is 20.8. The molecule has 2 aliphatic rings. The Morgan fingerprint density at radius 1 is 1.00 bits per heavy atom. The lowest BCUT2D eigenvalue weighted by Gasteiger charge is -2.47. The predicted octanol–water partition coefficient (Wildman–Crippen LogP) is 3.98. The molecule has 1 unspecified atom stereocenters. The van der Waals surface area contributed by atoms with Gasteiger partial charge in [-0.1, -0.05) is 42.5 Å². The van der Waals surface area contributed by atoms with Crippen LogP contribution in [0.4, 0.5) is 0 Å². The summed E-state index contributed by atoms with van der Waals surface area (Å²) in [4.78, 5) is 5.27. The Morgan fingerprint density at radius 3 is 2.50 bits per heavy atom. The highest BCUT2D eigenvalue weighted by atomic mass is 16.5. The van der Waals surface area contributed by atoms with Crippen molar-refractivity contribution in [2.24, 2.45) is 5.41 Å². The van der Waals surface area contributed by atoms with Crippen LogP contribution in [0.3, 0.4) is 0 Å². The van der Waals surface area contributed by atoms with Gasteiger partial charge in [0.05, 0.1) is 13.7 Å². The SMILES string of the molecule is COc1cccc(CC2(CO)CCCN(C3CCN(Cc4ccccc4)CC3)C2)c1. The van der Waals surface area contributed by atoms with Crippen LogP contribution in [-0.2, 0) is 13.0 Å².